The van der Waals surface area contributed by atoms with Crippen LogP contribution in [0.2, 0.25) is 0 Å². The molecule has 5 nitrogen and oxygen atoms in total. The fraction of sp³-hybridized carbons (Fsp3) is 0.615. The highest BCUT2D eigenvalue weighted by molar-refractivity contribution is 5.95. The molecule has 2 unspecified atom stereocenters. The van der Waals surface area contributed by atoms with E-state index >= 15 is 0 Å². The van der Waals surface area contributed by atoms with E-state index in [9.17, 15) is 14.4 Å². The number of carbonyl (C=O) groups is 3. The number of hydrogen-bond donors (Lipinski definition) is 2. The lowest BCUT2D eigenvalue weighted by molar-refractivity contribution is -0.157. The van der Waals surface area contributed by atoms with Crippen molar-refractivity contribution in [2.24, 2.45) is 17.8 Å². The van der Waals surface area contributed by atoms with Crippen LogP contribution in [0.25, 0.3) is 0 Å². The fourth-order valence-electron chi connectivity index (χ4n) is 2.38. The van der Waals surface area contributed by atoms with Crippen LogP contribution in [0.4, 0.5) is 0 Å². The van der Waals surface area contributed by atoms with Crippen LogP contribution in [0.5, 0.6) is 0 Å². The Hall–Kier alpha value is -1.83. The molecule has 0 aromatic heterocycles. The second kappa shape index (κ2) is 6.20. The maximum atomic E-state index is 11.7. The predicted molar refractivity (Wildman–Crippen MR) is 62.7 cm³/mol. The highest BCUT2D eigenvalue weighted by Crippen LogP contribution is 2.37. The van der Waals surface area contributed by atoms with Crippen molar-refractivity contribution in [1.29, 1.82) is 0 Å². The number of rotatable bonds is 4. The van der Waals surface area contributed by atoms with Crippen molar-refractivity contribution in [1.82, 2.24) is 0 Å². The predicted octanol–water partition coefficient (Wildman–Crippen LogP) is 1.17. The normalized spacial score (nSPS) is 22.7. The highest BCUT2D eigenvalue weighted by Gasteiger charge is 2.45. The topological polar surface area (TPSA) is 91.7 Å². The molecule has 0 aromatic carbocycles. The largest absolute Gasteiger partial charge is 0.481 e. The summed E-state index contributed by atoms with van der Waals surface area (Å²) in [4.78, 5) is 33.6. The van der Waals surface area contributed by atoms with Crippen molar-refractivity contribution in [3.8, 4) is 11.8 Å². The van der Waals surface area contributed by atoms with Gasteiger partial charge in [-0.25, -0.2) is 0 Å². The number of ketones is 1. The number of aliphatic carboxylic acids is 2. The van der Waals surface area contributed by atoms with E-state index in [2.05, 4.69) is 11.8 Å². The number of hydrogen-bond acceptors (Lipinski definition) is 3. The number of Topliss-reactive ketones (excluding diaryl/α,β-unsaturated/α-hetero) is 1. The van der Waals surface area contributed by atoms with Gasteiger partial charge in [-0.1, -0.05) is 6.92 Å². The Balaban J connectivity index is 2.88. The first kappa shape index (κ1) is 14.2. The molecule has 2 atom stereocenters. The van der Waals surface area contributed by atoms with E-state index in [0.717, 1.165) is 0 Å². The summed E-state index contributed by atoms with van der Waals surface area (Å²) in [6.45, 7) is 1.87. The molecule has 18 heavy (non-hydrogen) atoms. The quantitative estimate of drug-likeness (QED) is 0.579. The highest BCUT2D eigenvalue weighted by atomic mass is 16.4. The molecule has 1 aliphatic carbocycles. The minimum absolute atomic E-state index is 0.0714. The molecule has 0 spiro atoms. The van der Waals surface area contributed by atoms with E-state index in [-0.39, 0.29) is 18.6 Å². The lowest BCUT2D eigenvalue weighted by Gasteiger charge is -2.20. The van der Waals surface area contributed by atoms with Crippen LogP contribution in [0.3, 0.4) is 0 Å². The zero-order valence-electron chi connectivity index (χ0n) is 10.2. The minimum atomic E-state index is -1.51. The molecule has 0 aliphatic heterocycles. The van der Waals surface area contributed by atoms with Crippen LogP contribution >= 0.6 is 0 Å². The molecule has 2 N–H and O–H groups in total. The van der Waals surface area contributed by atoms with Crippen molar-refractivity contribution in [3.05, 3.63) is 0 Å². The zero-order chi connectivity index (χ0) is 13.7. The molecule has 0 saturated heterocycles. The summed E-state index contributed by atoms with van der Waals surface area (Å²) in [5.74, 6) is 0.0966. The van der Waals surface area contributed by atoms with Gasteiger partial charge >= 0.3 is 11.9 Å². The SMILES string of the molecule is CCC#CCC1C(=O)CCC1C(C(=O)O)C(=O)O. The summed E-state index contributed by atoms with van der Waals surface area (Å²) in [5, 5.41) is 17.9. The summed E-state index contributed by atoms with van der Waals surface area (Å²) < 4.78 is 0. The first-order chi connectivity index (χ1) is 8.49. The Morgan fingerprint density at radius 2 is 1.94 bits per heavy atom. The van der Waals surface area contributed by atoms with Crippen LogP contribution in [-0.4, -0.2) is 27.9 Å². The van der Waals surface area contributed by atoms with E-state index in [1.807, 2.05) is 6.92 Å². The van der Waals surface area contributed by atoms with Gasteiger partial charge in [-0.2, -0.15) is 0 Å². The van der Waals surface area contributed by atoms with Gasteiger partial charge in [-0.15, -0.1) is 11.8 Å². The molecule has 98 valence electrons. The van der Waals surface area contributed by atoms with Crippen molar-refractivity contribution in [3.63, 3.8) is 0 Å². The maximum Gasteiger partial charge on any atom is 0.318 e. The third kappa shape index (κ3) is 3.10. The van der Waals surface area contributed by atoms with Gasteiger partial charge in [-0.05, 0) is 12.3 Å². The number of carboxylic acids is 2. The van der Waals surface area contributed by atoms with Crippen molar-refractivity contribution in [2.75, 3.05) is 0 Å². The average Bonchev–Trinajstić information content (AvgIpc) is 2.61. The van der Waals surface area contributed by atoms with Crippen LogP contribution in [0.15, 0.2) is 0 Å². The van der Waals surface area contributed by atoms with E-state index in [4.69, 9.17) is 10.2 Å². The molecule has 1 fully saturated rings. The van der Waals surface area contributed by atoms with Gasteiger partial charge in [0.05, 0.1) is 0 Å². The Labute approximate surface area is 105 Å². The molecule has 0 amide bonds. The average molecular weight is 252 g/mol. The van der Waals surface area contributed by atoms with E-state index < -0.39 is 29.7 Å². The van der Waals surface area contributed by atoms with Crippen LogP contribution in [0, 0.1) is 29.6 Å². The first-order valence-electron chi connectivity index (χ1n) is 5.93. The van der Waals surface area contributed by atoms with Gasteiger partial charge in [0.1, 0.15) is 5.78 Å². The smallest absolute Gasteiger partial charge is 0.318 e. The summed E-state index contributed by atoms with van der Waals surface area (Å²) >= 11 is 0. The van der Waals surface area contributed by atoms with Gasteiger partial charge in [0.25, 0.3) is 0 Å². The summed E-state index contributed by atoms with van der Waals surface area (Å²) in [6.07, 6.45) is 1.49. The van der Waals surface area contributed by atoms with Crippen molar-refractivity contribution < 1.29 is 24.6 Å². The summed E-state index contributed by atoms with van der Waals surface area (Å²) in [7, 11) is 0. The maximum absolute atomic E-state index is 11.7. The van der Waals surface area contributed by atoms with E-state index in [0.29, 0.717) is 12.8 Å². The van der Waals surface area contributed by atoms with E-state index in [1.165, 1.54) is 0 Å². The monoisotopic (exact) mass is 252 g/mol. The van der Waals surface area contributed by atoms with Gasteiger partial charge in [0.2, 0.25) is 0 Å². The molecule has 0 bridgehead atoms. The molecule has 1 rings (SSSR count). The Morgan fingerprint density at radius 3 is 2.44 bits per heavy atom. The minimum Gasteiger partial charge on any atom is -0.481 e. The molecule has 1 saturated carbocycles. The molecule has 1 aliphatic rings. The third-order valence-electron chi connectivity index (χ3n) is 3.24. The lowest BCUT2D eigenvalue weighted by atomic mass is 9.82. The molecule has 5 heteroatoms. The van der Waals surface area contributed by atoms with Gasteiger partial charge in [-0.3, -0.25) is 14.4 Å². The Bertz CT molecular complexity index is 401. The summed E-state index contributed by atoms with van der Waals surface area (Å²) in [5.41, 5.74) is 0. The number of carboxylic acid groups (broad SMARTS) is 2. The first-order valence-corrected chi connectivity index (χ1v) is 5.93. The van der Waals surface area contributed by atoms with Gasteiger partial charge in [0.15, 0.2) is 5.92 Å². The summed E-state index contributed by atoms with van der Waals surface area (Å²) in [6, 6.07) is 0. The van der Waals surface area contributed by atoms with Crippen molar-refractivity contribution in [2.45, 2.75) is 32.6 Å². The van der Waals surface area contributed by atoms with Gasteiger partial charge < -0.3 is 10.2 Å². The molecular weight excluding hydrogens is 236 g/mol. The van der Waals surface area contributed by atoms with Gasteiger partial charge in [0, 0.05) is 25.2 Å². The Morgan fingerprint density at radius 1 is 1.33 bits per heavy atom. The fourth-order valence-corrected chi connectivity index (χ4v) is 2.38. The standard InChI is InChI=1S/C13H16O5/c1-2-3-4-5-8-9(6-7-10(8)14)11(12(15)16)13(17)18/h8-9,11H,2,5-7H2,1H3,(H,15,16)(H,17,18). The number of carbonyl (C=O) groups excluding carboxylic acids is 1. The second-order valence-electron chi connectivity index (χ2n) is 4.34. The van der Waals surface area contributed by atoms with Crippen LogP contribution < -0.4 is 0 Å². The third-order valence-corrected chi connectivity index (χ3v) is 3.24. The molecule has 0 radical (unpaired) electrons. The van der Waals surface area contributed by atoms with Crippen LogP contribution in [0.1, 0.15) is 32.6 Å². The second-order valence-corrected chi connectivity index (χ2v) is 4.34. The van der Waals surface area contributed by atoms with Crippen molar-refractivity contribution >= 4 is 17.7 Å². The van der Waals surface area contributed by atoms with E-state index in [1.54, 1.807) is 0 Å². The lowest BCUT2D eigenvalue weighted by Crippen LogP contribution is -2.34. The molecule has 0 aromatic rings. The molecule has 0 heterocycles. The molecular formula is C13H16O5. The zero-order valence-corrected chi connectivity index (χ0v) is 10.2. The Kier molecular flexibility index (Phi) is 4.90. The van der Waals surface area contributed by atoms with Crippen LogP contribution in [-0.2, 0) is 14.4 Å².